The second kappa shape index (κ2) is 7.15. The van der Waals surface area contributed by atoms with E-state index in [0.717, 1.165) is 0 Å². The van der Waals surface area contributed by atoms with Gasteiger partial charge in [0.15, 0.2) is 0 Å². The van der Waals surface area contributed by atoms with Crippen molar-refractivity contribution in [1.82, 2.24) is 9.88 Å². The summed E-state index contributed by atoms with van der Waals surface area (Å²) in [7, 11) is 1.64. The van der Waals surface area contributed by atoms with Crippen LogP contribution in [0.4, 0.5) is 0 Å². The Hall–Kier alpha value is -2.37. The molecule has 0 aliphatic rings. The van der Waals surface area contributed by atoms with Crippen LogP contribution in [0.5, 0.6) is 0 Å². The summed E-state index contributed by atoms with van der Waals surface area (Å²) in [5.41, 5.74) is 0.945. The first kappa shape index (κ1) is 14.7. The molecule has 5 nitrogen and oxygen atoms in total. The standard InChI is InChI=1S/C14H15N3O2/c1-11(8-15)10-17(2)14(19)13-6-5-12(9-16-13)4-3-7-18/h5-6,9,11,18H,7,10H2,1-2H3. The third-order valence-electron chi connectivity index (χ3n) is 2.41. The highest BCUT2D eigenvalue weighted by Gasteiger charge is 2.15. The number of aliphatic hydroxyl groups excluding tert-OH is 1. The van der Waals surface area contributed by atoms with Crippen molar-refractivity contribution in [3.05, 3.63) is 29.6 Å². The number of rotatable bonds is 3. The number of hydrogen-bond acceptors (Lipinski definition) is 4. The number of hydrogen-bond donors (Lipinski definition) is 1. The van der Waals surface area contributed by atoms with Crippen molar-refractivity contribution in [3.8, 4) is 17.9 Å². The van der Waals surface area contributed by atoms with Crippen LogP contribution in [0.2, 0.25) is 0 Å². The lowest BCUT2D eigenvalue weighted by molar-refractivity contribution is 0.0779. The fourth-order valence-corrected chi connectivity index (χ4v) is 1.47. The average molecular weight is 257 g/mol. The highest BCUT2D eigenvalue weighted by Crippen LogP contribution is 2.04. The minimum Gasteiger partial charge on any atom is -0.384 e. The van der Waals surface area contributed by atoms with Gasteiger partial charge in [-0.15, -0.1) is 0 Å². The Morgan fingerprint density at radius 3 is 2.84 bits per heavy atom. The van der Waals surface area contributed by atoms with Gasteiger partial charge in [0.1, 0.15) is 12.3 Å². The predicted molar refractivity (Wildman–Crippen MR) is 69.9 cm³/mol. The van der Waals surface area contributed by atoms with Crippen molar-refractivity contribution < 1.29 is 9.90 Å². The molecule has 1 rings (SSSR count). The summed E-state index contributed by atoms with van der Waals surface area (Å²) < 4.78 is 0. The molecule has 1 amide bonds. The highest BCUT2D eigenvalue weighted by atomic mass is 16.2. The van der Waals surface area contributed by atoms with Crippen LogP contribution < -0.4 is 0 Å². The smallest absolute Gasteiger partial charge is 0.272 e. The zero-order valence-electron chi connectivity index (χ0n) is 10.9. The molecular formula is C14H15N3O2. The molecular weight excluding hydrogens is 242 g/mol. The third-order valence-corrected chi connectivity index (χ3v) is 2.41. The minimum absolute atomic E-state index is 0.213. The first-order chi connectivity index (χ1) is 9.08. The Morgan fingerprint density at radius 1 is 1.58 bits per heavy atom. The van der Waals surface area contributed by atoms with E-state index >= 15 is 0 Å². The first-order valence-electron chi connectivity index (χ1n) is 5.79. The lowest BCUT2D eigenvalue weighted by Gasteiger charge is -2.17. The zero-order chi connectivity index (χ0) is 14.3. The van der Waals surface area contributed by atoms with Gasteiger partial charge < -0.3 is 10.0 Å². The molecule has 0 aromatic carbocycles. The second-order valence-electron chi connectivity index (χ2n) is 4.11. The molecule has 1 N–H and O–H groups in total. The molecule has 1 atom stereocenters. The lowest BCUT2D eigenvalue weighted by atomic mass is 10.2. The van der Waals surface area contributed by atoms with E-state index in [-0.39, 0.29) is 18.4 Å². The number of nitrogens with zero attached hydrogens (tertiary/aromatic N) is 3. The SMILES string of the molecule is CC(C#N)CN(C)C(=O)c1ccc(C#CCO)cn1. The van der Waals surface area contributed by atoms with Crippen LogP contribution in [0, 0.1) is 29.1 Å². The van der Waals surface area contributed by atoms with Gasteiger partial charge in [0.2, 0.25) is 0 Å². The van der Waals surface area contributed by atoms with Crippen molar-refractivity contribution in [2.24, 2.45) is 5.92 Å². The van der Waals surface area contributed by atoms with Crippen LogP contribution in [0.1, 0.15) is 23.0 Å². The molecule has 0 saturated heterocycles. The van der Waals surface area contributed by atoms with Crippen molar-refractivity contribution >= 4 is 5.91 Å². The molecule has 0 bridgehead atoms. The Labute approximate surface area is 112 Å². The Morgan fingerprint density at radius 2 is 2.32 bits per heavy atom. The van der Waals surface area contributed by atoms with Crippen molar-refractivity contribution in [1.29, 1.82) is 5.26 Å². The number of carbonyl (C=O) groups excluding carboxylic acids is 1. The topological polar surface area (TPSA) is 77.2 Å². The van der Waals surface area contributed by atoms with Gasteiger partial charge in [-0.3, -0.25) is 4.79 Å². The number of nitriles is 1. The average Bonchev–Trinajstić information content (AvgIpc) is 2.44. The quantitative estimate of drug-likeness (QED) is 0.807. The molecule has 1 unspecified atom stereocenters. The Kier molecular flexibility index (Phi) is 5.53. The van der Waals surface area contributed by atoms with Crippen LogP contribution >= 0.6 is 0 Å². The Bertz CT molecular complexity index is 535. The predicted octanol–water partition coefficient (Wildman–Crippen LogP) is 0.657. The molecule has 5 heteroatoms. The first-order valence-corrected chi connectivity index (χ1v) is 5.79. The molecule has 1 heterocycles. The summed E-state index contributed by atoms with van der Waals surface area (Å²) in [6.45, 7) is 1.91. The minimum atomic E-state index is -0.233. The number of aromatic nitrogens is 1. The summed E-state index contributed by atoms with van der Waals surface area (Å²) in [4.78, 5) is 17.5. The van der Waals surface area contributed by atoms with Crippen LogP contribution in [-0.2, 0) is 0 Å². The van der Waals surface area contributed by atoms with E-state index in [1.54, 1.807) is 26.1 Å². The Balaban J connectivity index is 2.75. The summed E-state index contributed by atoms with van der Waals surface area (Å²) >= 11 is 0. The molecule has 0 fully saturated rings. The van der Waals surface area contributed by atoms with Gasteiger partial charge in [-0.25, -0.2) is 4.98 Å². The summed E-state index contributed by atoms with van der Waals surface area (Å²) in [6, 6.07) is 5.33. The molecule has 0 aliphatic heterocycles. The maximum absolute atomic E-state index is 12.0. The molecule has 1 aromatic heterocycles. The van der Waals surface area contributed by atoms with E-state index in [4.69, 9.17) is 10.4 Å². The van der Waals surface area contributed by atoms with Gasteiger partial charge in [-0.1, -0.05) is 11.8 Å². The van der Waals surface area contributed by atoms with Crippen molar-refractivity contribution in [2.75, 3.05) is 20.2 Å². The maximum Gasteiger partial charge on any atom is 0.272 e. The summed E-state index contributed by atoms with van der Waals surface area (Å²) in [6.07, 6.45) is 1.48. The summed E-state index contributed by atoms with van der Waals surface area (Å²) in [5, 5.41) is 17.3. The molecule has 0 radical (unpaired) electrons. The molecule has 0 spiro atoms. The normalized spacial score (nSPS) is 10.8. The van der Waals surface area contributed by atoms with E-state index in [1.807, 2.05) is 0 Å². The number of amides is 1. The molecule has 0 saturated carbocycles. The van der Waals surface area contributed by atoms with E-state index in [0.29, 0.717) is 17.8 Å². The zero-order valence-corrected chi connectivity index (χ0v) is 10.9. The molecule has 98 valence electrons. The number of carbonyl (C=O) groups is 1. The van der Waals surface area contributed by atoms with Gasteiger partial charge in [-0.2, -0.15) is 5.26 Å². The van der Waals surface area contributed by atoms with E-state index in [9.17, 15) is 4.79 Å². The summed E-state index contributed by atoms with van der Waals surface area (Å²) in [5.74, 6) is 4.75. The van der Waals surface area contributed by atoms with E-state index < -0.39 is 0 Å². The molecule has 1 aromatic rings. The fourth-order valence-electron chi connectivity index (χ4n) is 1.47. The van der Waals surface area contributed by atoms with Gasteiger partial charge in [0.05, 0.1) is 12.0 Å². The van der Waals surface area contributed by atoms with Crippen LogP contribution in [0.15, 0.2) is 18.3 Å². The number of aliphatic hydroxyl groups is 1. The van der Waals surface area contributed by atoms with Crippen molar-refractivity contribution in [2.45, 2.75) is 6.92 Å². The molecule has 19 heavy (non-hydrogen) atoms. The van der Waals surface area contributed by atoms with Crippen LogP contribution in [-0.4, -0.2) is 41.1 Å². The highest BCUT2D eigenvalue weighted by molar-refractivity contribution is 5.92. The van der Waals surface area contributed by atoms with E-state index in [1.165, 1.54) is 11.1 Å². The van der Waals surface area contributed by atoms with Crippen LogP contribution in [0.3, 0.4) is 0 Å². The largest absolute Gasteiger partial charge is 0.384 e. The lowest BCUT2D eigenvalue weighted by Crippen LogP contribution is -2.31. The second-order valence-corrected chi connectivity index (χ2v) is 4.11. The fraction of sp³-hybridized carbons (Fsp3) is 0.357. The molecule has 0 aliphatic carbocycles. The number of pyridine rings is 1. The van der Waals surface area contributed by atoms with Crippen molar-refractivity contribution in [3.63, 3.8) is 0 Å². The van der Waals surface area contributed by atoms with E-state index in [2.05, 4.69) is 22.9 Å². The van der Waals surface area contributed by atoms with Gasteiger partial charge in [-0.05, 0) is 19.1 Å². The van der Waals surface area contributed by atoms with Gasteiger partial charge in [0, 0.05) is 25.4 Å². The van der Waals surface area contributed by atoms with Gasteiger partial charge >= 0.3 is 0 Å². The maximum atomic E-state index is 12.0. The van der Waals surface area contributed by atoms with Gasteiger partial charge in [0.25, 0.3) is 5.91 Å². The van der Waals surface area contributed by atoms with Crippen LogP contribution in [0.25, 0.3) is 0 Å². The monoisotopic (exact) mass is 257 g/mol. The third kappa shape index (κ3) is 4.42.